The Morgan fingerprint density at radius 2 is 2.24 bits per heavy atom. The van der Waals surface area contributed by atoms with Crippen molar-refractivity contribution in [1.29, 1.82) is 0 Å². The molecular weight excluding hydrogens is 217 g/mol. The van der Waals surface area contributed by atoms with Crippen molar-refractivity contribution in [3.8, 4) is 5.69 Å². The fourth-order valence-corrected chi connectivity index (χ4v) is 1.73. The van der Waals surface area contributed by atoms with Crippen molar-refractivity contribution in [3.63, 3.8) is 0 Å². The van der Waals surface area contributed by atoms with Gasteiger partial charge in [-0.1, -0.05) is 12.1 Å². The second-order valence-corrected chi connectivity index (χ2v) is 4.06. The lowest BCUT2D eigenvalue weighted by Gasteiger charge is -2.03. The van der Waals surface area contributed by atoms with Gasteiger partial charge in [-0.2, -0.15) is 9.49 Å². The molecule has 0 fully saturated rings. The molecule has 1 N–H and O–H groups in total. The van der Waals surface area contributed by atoms with Crippen molar-refractivity contribution in [1.82, 2.24) is 15.1 Å². The SMILES string of the molecule is CNCCc1cnn(-c2cccc(C)c2)c1F. The number of hydrogen-bond donors (Lipinski definition) is 1. The highest BCUT2D eigenvalue weighted by Crippen LogP contribution is 2.14. The van der Waals surface area contributed by atoms with E-state index in [9.17, 15) is 4.39 Å². The van der Waals surface area contributed by atoms with Gasteiger partial charge in [-0.3, -0.25) is 0 Å². The van der Waals surface area contributed by atoms with Crippen molar-refractivity contribution < 1.29 is 4.39 Å². The molecule has 90 valence electrons. The van der Waals surface area contributed by atoms with Crippen LogP contribution in [0.2, 0.25) is 0 Å². The van der Waals surface area contributed by atoms with Crippen LogP contribution < -0.4 is 5.32 Å². The second-order valence-electron chi connectivity index (χ2n) is 4.06. The second kappa shape index (κ2) is 5.10. The average molecular weight is 233 g/mol. The molecule has 4 heteroatoms. The molecule has 0 saturated carbocycles. The van der Waals surface area contributed by atoms with Crippen LogP contribution in [0.25, 0.3) is 5.69 Å². The van der Waals surface area contributed by atoms with E-state index in [1.165, 1.54) is 4.68 Å². The molecule has 0 saturated heterocycles. The Morgan fingerprint density at radius 1 is 1.41 bits per heavy atom. The van der Waals surface area contributed by atoms with E-state index >= 15 is 0 Å². The van der Waals surface area contributed by atoms with Crippen molar-refractivity contribution in [2.45, 2.75) is 13.3 Å². The van der Waals surface area contributed by atoms with Crippen molar-refractivity contribution in [3.05, 3.63) is 47.5 Å². The number of aromatic nitrogens is 2. The van der Waals surface area contributed by atoms with Gasteiger partial charge in [-0.25, -0.2) is 4.68 Å². The summed E-state index contributed by atoms with van der Waals surface area (Å²) in [6.45, 7) is 2.73. The van der Waals surface area contributed by atoms with Crippen LogP contribution in [-0.2, 0) is 6.42 Å². The summed E-state index contributed by atoms with van der Waals surface area (Å²) in [6, 6.07) is 7.65. The molecule has 1 aromatic heterocycles. The first-order valence-corrected chi connectivity index (χ1v) is 5.66. The number of benzene rings is 1. The minimum Gasteiger partial charge on any atom is -0.319 e. The highest BCUT2D eigenvalue weighted by molar-refractivity contribution is 5.35. The molecule has 0 aliphatic heterocycles. The summed E-state index contributed by atoms with van der Waals surface area (Å²) in [5, 5.41) is 7.09. The van der Waals surface area contributed by atoms with Gasteiger partial charge in [0.25, 0.3) is 0 Å². The van der Waals surface area contributed by atoms with E-state index in [1.54, 1.807) is 6.20 Å². The van der Waals surface area contributed by atoms with Crippen LogP contribution in [0.3, 0.4) is 0 Å². The van der Waals surface area contributed by atoms with Crippen LogP contribution in [0.15, 0.2) is 30.5 Å². The highest BCUT2D eigenvalue weighted by Gasteiger charge is 2.11. The summed E-state index contributed by atoms with van der Waals surface area (Å²) in [5.41, 5.74) is 2.49. The summed E-state index contributed by atoms with van der Waals surface area (Å²) in [6.07, 6.45) is 2.24. The van der Waals surface area contributed by atoms with Gasteiger partial charge in [0.05, 0.1) is 11.9 Å². The molecule has 0 spiro atoms. The molecule has 2 rings (SSSR count). The monoisotopic (exact) mass is 233 g/mol. The maximum atomic E-state index is 14.0. The van der Waals surface area contributed by atoms with E-state index in [1.807, 2.05) is 38.2 Å². The zero-order valence-electron chi connectivity index (χ0n) is 10.1. The van der Waals surface area contributed by atoms with Crippen LogP contribution in [0.1, 0.15) is 11.1 Å². The molecule has 0 radical (unpaired) electrons. The van der Waals surface area contributed by atoms with Gasteiger partial charge in [0.1, 0.15) is 0 Å². The van der Waals surface area contributed by atoms with E-state index < -0.39 is 0 Å². The molecule has 1 heterocycles. The standard InChI is InChI=1S/C13H16FN3/c1-10-4-3-5-12(8-10)17-13(14)11(9-16-17)6-7-15-2/h3-5,8-9,15H,6-7H2,1-2H3. The summed E-state index contributed by atoms with van der Waals surface area (Å²) in [7, 11) is 1.85. The maximum absolute atomic E-state index is 14.0. The van der Waals surface area contributed by atoms with E-state index in [-0.39, 0.29) is 5.95 Å². The van der Waals surface area contributed by atoms with Crippen molar-refractivity contribution >= 4 is 0 Å². The number of halogens is 1. The third-order valence-electron chi connectivity index (χ3n) is 2.67. The Balaban J connectivity index is 2.30. The third kappa shape index (κ3) is 2.53. The van der Waals surface area contributed by atoms with Crippen LogP contribution in [0, 0.1) is 12.9 Å². The summed E-state index contributed by atoms with van der Waals surface area (Å²) in [5.74, 6) is -0.272. The Hall–Kier alpha value is -1.68. The lowest BCUT2D eigenvalue weighted by atomic mass is 10.2. The quantitative estimate of drug-likeness (QED) is 0.876. The number of rotatable bonds is 4. The molecule has 1 aromatic carbocycles. The molecule has 3 nitrogen and oxygen atoms in total. The predicted octanol–water partition coefficient (Wildman–Crippen LogP) is 2.08. The van der Waals surface area contributed by atoms with Crippen LogP contribution >= 0.6 is 0 Å². The maximum Gasteiger partial charge on any atom is 0.219 e. The first-order valence-electron chi connectivity index (χ1n) is 5.66. The minimum atomic E-state index is -0.272. The van der Waals surface area contributed by atoms with Gasteiger partial charge in [0.15, 0.2) is 0 Å². The Labute approximate surface area is 100 Å². The fraction of sp³-hybridized carbons (Fsp3) is 0.308. The number of nitrogens with one attached hydrogen (secondary N) is 1. The van der Waals surface area contributed by atoms with Gasteiger partial charge in [-0.05, 0) is 44.6 Å². The number of likely N-dealkylation sites (N-methyl/N-ethyl adjacent to an activating group) is 1. The van der Waals surface area contributed by atoms with Crippen LogP contribution in [-0.4, -0.2) is 23.4 Å². The van der Waals surface area contributed by atoms with E-state index in [4.69, 9.17) is 0 Å². The van der Waals surface area contributed by atoms with Crippen molar-refractivity contribution in [2.75, 3.05) is 13.6 Å². The lowest BCUT2D eigenvalue weighted by molar-refractivity contribution is 0.524. The fourth-order valence-electron chi connectivity index (χ4n) is 1.73. The largest absolute Gasteiger partial charge is 0.319 e. The number of hydrogen-bond acceptors (Lipinski definition) is 2. The summed E-state index contributed by atoms with van der Waals surface area (Å²) >= 11 is 0. The predicted molar refractivity (Wildman–Crippen MR) is 65.9 cm³/mol. The zero-order chi connectivity index (χ0) is 12.3. The minimum absolute atomic E-state index is 0.272. The molecule has 0 bridgehead atoms. The van der Waals surface area contributed by atoms with E-state index in [0.29, 0.717) is 12.0 Å². The van der Waals surface area contributed by atoms with Crippen LogP contribution in [0.4, 0.5) is 4.39 Å². The molecule has 2 aromatic rings. The Morgan fingerprint density at radius 3 is 2.94 bits per heavy atom. The summed E-state index contributed by atoms with van der Waals surface area (Å²) in [4.78, 5) is 0. The first kappa shape index (κ1) is 11.8. The van der Waals surface area contributed by atoms with E-state index in [2.05, 4.69) is 10.4 Å². The van der Waals surface area contributed by atoms with Gasteiger partial charge in [0, 0.05) is 5.56 Å². The van der Waals surface area contributed by atoms with Crippen molar-refractivity contribution in [2.24, 2.45) is 0 Å². The lowest BCUT2D eigenvalue weighted by Crippen LogP contribution is -2.11. The molecule has 0 aliphatic rings. The molecule has 0 aliphatic carbocycles. The zero-order valence-corrected chi connectivity index (χ0v) is 10.1. The third-order valence-corrected chi connectivity index (χ3v) is 2.67. The topological polar surface area (TPSA) is 29.9 Å². The number of aryl methyl sites for hydroxylation is 1. The molecule has 0 atom stereocenters. The first-order chi connectivity index (χ1) is 8.22. The van der Waals surface area contributed by atoms with Gasteiger partial charge < -0.3 is 5.32 Å². The van der Waals surface area contributed by atoms with Gasteiger partial charge >= 0.3 is 0 Å². The number of nitrogens with zero attached hydrogens (tertiary/aromatic N) is 2. The van der Waals surface area contributed by atoms with Gasteiger partial charge in [0.2, 0.25) is 5.95 Å². The summed E-state index contributed by atoms with van der Waals surface area (Å²) < 4.78 is 15.4. The normalized spacial score (nSPS) is 10.8. The molecular formula is C13H16FN3. The van der Waals surface area contributed by atoms with Gasteiger partial charge in [-0.15, -0.1) is 0 Å². The molecule has 0 unspecified atom stereocenters. The Kier molecular flexibility index (Phi) is 3.54. The van der Waals surface area contributed by atoms with E-state index in [0.717, 1.165) is 17.8 Å². The highest BCUT2D eigenvalue weighted by atomic mass is 19.1. The average Bonchev–Trinajstić information content (AvgIpc) is 2.68. The smallest absolute Gasteiger partial charge is 0.219 e. The molecule has 17 heavy (non-hydrogen) atoms. The van der Waals surface area contributed by atoms with Crippen LogP contribution in [0.5, 0.6) is 0 Å². The Bertz CT molecular complexity index is 505. The molecule has 0 amide bonds.